The molecule has 2 rings (SSSR count). The van der Waals surface area contributed by atoms with Crippen LogP contribution in [0, 0.1) is 0 Å². The van der Waals surface area contributed by atoms with Crippen molar-refractivity contribution in [2.75, 3.05) is 6.26 Å². The fourth-order valence-electron chi connectivity index (χ4n) is 1.95. The van der Waals surface area contributed by atoms with Gasteiger partial charge in [0, 0.05) is 17.1 Å². The first-order valence-corrected chi connectivity index (χ1v) is 6.93. The van der Waals surface area contributed by atoms with Crippen molar-refractivity contribution in [2.24, 2.45) is 5.73 Å². The predicted octanol–water partition coefficient (Wildman–Crippen LogP) is 3.14. The van der Waals surface area contributed by atoms with Gasteiger partial charge in [-0.25, -0.2) is 0 Å². The van der Waals surface area contributed by atoms with Crippen molar-refractivity contribution >= 4 is 22.7 Å². The molecule has 0 aliphatic carbocycles. The Hall–Kier alpha value is -0.930. The van der Waals surface area contributed by atoms with Crippen molar-refractivity contribution in [3.05, 3.63) is 36.0 Å². The maximum absolute atomic E-state index is 5.88. The zero-order chi connectivity index (χ0) is 11.4. The highest BCUT2D eigenvalue weighted by Crippen LogP contribution is 2.20. The molecule has 1 atom stereocenters. The van der Waals surface area contributed by atoms with Gasteiger partial charge in [0.25, 0.3) is 0 Å². The molecule has 1 heterocycles. The smallest absolute Gasteiger partial charge is 0.0504 e. The molecule has 0 aliphatic rings. The molecule has 0 amide bonds. The molecule has 2 nitrogen and oxygen atoms in total. The van der Waals surface area contributed by atoms with Crippen LogP contribution in [0.2, 0.25) is 0 Å². The van der Waals surface area contributed by atoms with Gasteiger partial charge in [-0.15, -0.1) is 11.8 Å². The quantitative estimate of drug-likeness (QED) is 0.780. The monoisotopic (exact) mass is 234 g/mol. The first-order chi connectivity index (χ1) is 7.81. The van der Waals surface area contributed by atoms with Gasteiger partial charge in [0.05, 0.1) is 5.37 Å². The van der Waals surface area contributed by atoms with Crippen LogP contribution in [-0.4, -0.2) is 16.6 Å². The number of para-hydroxylation sites is 1. The highest BCUT2D eigenvalue weighted by Gasteiger charge is 2.04. The van der Waals surface area contributed by atoms with Crippen molar-refractivity contribution in [3.63, 3.8) is 0 Å². The Morgan fingerprint density at radius 3 is 3.00 bits per heavy atom. The molecule has 3 heteroatoms. The summed E-state index contributed by atoms with van der Waals surface area (Å²) in [5.41, 5.74) is 8.51. The number of hydrogen-bond donors (Lipinski definition) is 2. The lowest BCUT2D eigenvalue weighted by atomic mass is 10.1. The van der Waals surface area contributed by atoms with Gasteiger partial charge in [-0.1, -0.05) is 18.2 Å². The molecule has 0 saturated carbocycles. The van der Waals surface area contributed by atoms with Crippen LogP contribution < -0.4 is 5.73 Å². The lowest BCUT2D eigenvalue weighted by Crippen LogP contribution is -2.14. The Kier molecular flexibility index (Phi) is 3.91. The van der Waals surface area contributed by atoms with E-state index >= 15 is 0 Å². The number of H-pyrrole nitrogens is 1. The van der Waals surface area contributed by atoms with Crippen LogP contribution in [0.3, 0.4) is 0 Å². The van der Waals surface area contributed by atoms with Crippen LogP contribution in [0.15, 0.2) is 30.5 Å². The van der Waals surface area contributed by atoms with Crippen LogP contribution in [0.5, 0.6) is 0 Å². The summed E-state index contributed by atoms with van der Waals surface area (Å²) >= 11 is 1.74. The van der Waals surface area contributed by atoms with Gasteiger partial charge in [-0.05, 0) is 37.1 Å². The highest BCUT2D eigenvalue weighted by molar-refractivity contribution is 7.99. The summed E-state index contributed by atoms with van der Waals surface area (Å²) in [5, 5.41) is 1.63. The number of fused-ring (bicyclic) bond motifs is 1. The molecule has 1 aromatic heterocycles. The van der Waals surface area contributed by atoms with E-state index in [0.717, 1.165) is 19.3 Å². The van der Waals surface area contributed by atoms with Crippen LogP contribution in [0.1, 0.15) is 18.4 Å². The minimum absolute atomic E-state index is 0.283. The number of aromatic nitrogens is 1. The topological polar surface area (TPSA) is 41.8 Å². The van der Waals surface area contributed by atoms with Crippen molar-refractivity contribution in [1.82, 2.24) is 4.98 Å². The summed E-state index contributed by atoms with van der Waals surface area (Å²) in [6, 6.07) is 8.45. The lowest BCUT2D eigenvalue weighted by Gasteiger charge is -2.06. The zero-order valence-electron chi connectivity index (χ0n) is 9.57. The molecule has 0 radical (unpaired) electrons. The van der Waals surface area contributed by atoms with Crippen molar-refractivity contribution in [1.29, 1.82) is 0 Å². The molecule has 3 N–H and O–H groups in total. The number of aryl methyl sites for hydroxylation is 1. The minimum atomic E-state index is 0.283. The average Bonchev–Trinajstić information content (AvgIpc) is 2.73. The van der Waals surface area contributed by atoms with Gasteiger partial charge in [-0.2, -0.15) is 0 Å². The molecule has 0 fully saturated rings. The van der Waals surface area contributed by atoms with Crippen molar-refractivity contribution < 1.29 is 0 Å². The van der Waals surface area contributed by atoms with E-state index in [-0.39, 0.29) is 5.37 Å². The SMILES string of the molecule is CSC(N)CCCc1c[nH]c2ccccc12. The average molecular weight is 234 g/mol. The number of nitrogens with two attached hydrogens (primary N) is 1. The number of benzene rings is 1. The molecule has 0 spiro atoms. The molecule has 1 unspecified atom stereocenters. The summed E-state index contributed by atoms with van der Waals surface area (Å²) in [6.07, 6.45) is 7.54. The number of aromatic amines is 1. The van der Waals surface area contributed by atoms with Crippen LogP contribution >= 0.6 is 11.8 Å². The largest absolute Gasteiger partial charge is 0.361 e. The Morgan fingerprint density at radius 2 is 2.19 bits per heavy atom. The first-order valence-electron chi connectivity index (χ1n) is 5.64. The lowest BCUT2D eigenvalue weighted by molar-refractivity contribution is 0.716. The third-order valence-electron chi connectivity index (χ3n) is 2.91. The molecule has 86 valence electrons. The molecule has 0 aliphatic heterocycles. The van der Waals surface area contributed by atoms with Crippen molar-refractivity contribution in [2.45, 2.75) is 24.6 Å². The number of rotatable bonds is 5. The van der Waals surface area contributed by atoms with E-state index < -0.39 is 0 Å². The van der Waals surface area contributed by atoms with Gasteiger partial charge in [0.1, 0.15) is 0 Å². The van der Waals surface area contributed by atoms with E-state index in [9.17, 15) is 0 Å². The minimum Gasteiger partial charge on any atom is -0.361 e. The molecule has 2 aromatic rings. The summed E-state index contributed by atoms with van der Waals surface area (Å²) in [7, 11) is 0. The second-order valence-electron chi connectivity index (χ2n) is 4.03. The van der Waals surface area contributed by atoms with Crippen molar-refractivity contribution in [3.8, 4) is 0 Å². The fourth-order valence-corrected chi connectivity index (χ4v) is 2.35. The molecular formula is C13H18N2S. The van der Waals surface area contributed by atoms with E-state index in [1.807, 2.05) is 0 Å². The molecule has 1 aromatic carbocycles. The normalized spacial score (nSPS) is 13.1. The summed E-state index contributed by atoms with van der Waals surface area (Å²) in [5.74, 6) is 0. The maximum Gasteiger partial charge on any atom is 0.0504 e. The van der Waals surface area contributed by atoms with Gasteiger partial charge < -0.3 is 10.7 Å². The zero-order valence-corrected chi connectivity index (χ0v) is 10.4. The first kappa shape index (κ1) is 11.6. The summed E-state index contributed by atoms with van der Waals surface area (Å²) in [4.78, 5) is 3.30. The molecule has 0 bridgehead atoms. The molecular weight excluding hydrogens is 216 g/mol. The number of thioether (sulfide) groups is 1. The maximum atomic E-state index is 5.88. The molecule has 0 saturated heterocycles. The Morgan fingerprint density at radius 1 is 1.38 bits per heavy atom. The predicted molar refractivity (Wildman–Crippen MR) is 72.7 cm³/mol. The van der Waals surface area contributed by atoms with E-state index in [1.54, 1.807) is 11.8 Å². The summed E-state index contributed by atoms with van der Waals surface area (Å²) in [6.45, 7) is 0. The third-order valence-corrected chi connectivity index (χ3v) is 3.75. The fraction of sp³-hybridized carbons (Fsp3) is 0.385. The van der Waals surface area contributed by atoms with E-state index in [1.165, 1.54) is 16.5 Å². The van der Waals surface area contributed by atoms with Crippen LogP contribution in [0.4, 0.5) is 0 Å². The number of nitrogens with one attached hydrogen (secondary N) is 1. The van der Waals surface area contributed by atoms with Gasteiger partial charge >= 0.3 is 0 Å². The van der Waals surface area contributed by atoms with Crippen LogP contribution in [0.25, 0.3) is 10.9 Å². The second kappa shape index (κ2) is 5.41. The van der Waals surface area contributed by atoms with E-state index in [2.05, 4.69) is 41.7 Å². The number of hydrogen-bond acceptors (Lipinski definition) is 2. The van der Waals surface area contributed by atoms with Gasteiger partial charge in [0.2, 0.25) is 0 Å². The van der Waals surface area contributed by atoms with Crippen LogP contribution in [-0.2, 0) is 6.42 Å². The van der Waals surface area contributed by atoms with Gasteiger partial charge in [0.15, 0.2) is 0 Å². The Bertz CT molecular complexity index is 450. The standard InChI is InChI=1S/C13H18N2S/c1-16-13(14)8-4-5-10-9-15-12-7-3-2-6-11(10)12/h2-3,6-7,9,13,15H,4-5,8,14H2,1H3. The summed E-state index contributed by atoms with van der Waals surface area (Å²) < 4.78 is 0. The van der Waals surface area contributed by atoms with E-state index in [0.29, 0.717) is 0 Å². The third kappa shape index (κ3) is 2.60. The Labute approximate surface area is 101 Å². The van der Waals surface area contributed by atoms with Gasteiger partial charge in [-0.3, -0.25) is 0 Å². The second-order valence-corrected chi connectivity index (χ2v) is 5.10. The Balaban J connectivity index is 1.99. The molecule has 16 heavy (non-hydrogen) atoms. The van der Waals surface area contributed by atoms with E-state index in [4.69, 9.17) is 5.73 Å². The highest BCUT2D eigenvalue weighted by atomic mass is 32.2.